The van der Waals surface area contributed by atoms with E-state index in [0.29, 0.717) is 0 Å². The molecule has 0 aliphatic heterocycles. The topological polar surface area (TPSA) is 29.5 Å². The van der Waals surface area contributed by atoms with Crippen molar-refractivity contribution >= 4 is 60.9 Å². The van der Waals surface area contributed by atoms with Gasteiger partial charge in [-0.25, -0.2) is 0 Å². The highest BCUT2D eigenvalue weighted by atomic mass is 16.3. The predicted molar refractivity (Wildman–Crippen MR) is 299 cm³/mol. The van der Waals surface area contributed by atoms with Gasteiger partial charge in [-0.15, -0.1) is 0 Å². The molecule has 3 aliphatic carbocycles. The Labute approximate surface area is 419 Å². The molecule has 344 valence electrons. The number of benzene rings is 10. The number of hydrogen-bond acceptors (Lipinski definition) is 3. The van der Waals surface area contributed by atoms with Crippen LogP contribution in [0.4, 0.5) is 17.1 Å². The molecule has 0 atom stereocenters. The third-order valence-corrected chi connectivity index (χ3v) is 17.0. The molecule has 0 amide bonds. The molecule has 0 bridgehead atoms. The molecular formula is C69H51NO2. The van der Waals surface area contributed by atoms with Crippen molar-refractivity contribution in [1.82, 2.24) is 0 Å². The van der Waals surface area contributed by atoms with E-state index < -0.39 is 0 Å². The van der Waals surface area contributed by atoms with Gasteiger partial charge in [0.1, 0.15) is 22.3 Å². The highest BCUT2D eigenvalue weighted by Crippen LogP contribution is 2.64. The third kappa shape index (κ3) is 5.40. The fourth-order valence-electron chi connectivity index (χ4n) is 13.6. The van der Waals surface area contributed by atoms with Crippen molar-refractivity contribution in [2.45, 2.75) is 57.8 Å². The molecule has 0 radical (unpaired) electrons. The van der Waals surface area contributed by atoms with Crippen LogP contribution < -0.4 is 4.90 Å². The molecule has 3 aliphatic rings. The van der Waals surface area contributed by atoms with Crippen LogP contribution in [-0.4, -0.2) is 0 Å². The first-order valence-electron chi connectivity index (χ1n) is 25.4. The van der Waals surface area contributed by atoms with Crippen molar-refractivity contribution in [1.29, 1.82) is 0 Å². The van der Waals surface area contributed by atoms with Gasteiger partial charge in [0.2, 0.25) is 0 Å². The Morgan fingerprint density at radius 1 is 0.319 bits per heavy atom. The van der Waals surface area contributed by atoms with E-state index in [1.807, 2.05) is 0 Å². The Balaban J connectivity index is 0.950. The van der Waals surface area contributed by atoms with E-state index in [4.69, 9.17) is 8.83 Å². The Kier molecular flexibility index (Phi) is 8.26. The molecule has 0 saturated heterocycles. The number of furan rings is 2. The van der Waals surface area contributed by atoms with Crippen molar-refractivity contribution < 1.29 is 8.83 Å². The van der Waals surface area contributed by atoms with Crippen LogP contribution in [0.1, 0.15) is 74.9 Å². The summed E-state index contributed by atoms with van der Waals surface area (Å²) in [6.45, 7) is 14.5. The van der Waals surface area contributed by atoms with Gasteiger partial charge in [0, 0.05) is 66.0 Å². The molecule has 12 aromatic rings. The van der Waals surface area contributed by atoms with Crippen LogP contribution in [0.3, 0.4) is 0 Å². The largest absolute Gasteiger partial charge is 0.455 e. The van der Waals surface area contributed by atoms with Crippen LogP contribution in [0.2, 0.25) is 0 Å². The molecule has 72 heavy (non-hydrogen) atoms. The van der Waals surface area contributed by atoms with Crippen molar-refractivity contribution in [2.75, 3.05) is 4.90 Å². The number of fused-ring (bicyclic) bond motifs is 19. The van der Waals surface area contributed by atoms with Gasteiger partial charge in [0.15, 0.2) is 0 Å². The van der Waals surface area contributed by atoms with Gasteiger partial charge in [-0.3, -0.25) is 0 Å². The van der Waals surface area contributed by atoms with Gasteiger partial charge in [-0.1, -0.05) is 187 Å². The van der Waals surface area contributed by atoms with E-state index in [1.54, 1.807) is 0 Å². The average Bonchev–Trinajstić information content (AvgIpc) is 4.17. The number of para-hydroxylation sites is 2. The highest BCUT2D eigenvalue weighted by Gasteiger charge is 2.49. The lowest BCUT2D eigenvalue weighted by molar-refractivity contribution is 0.600. The van der Waals surface area contributed by atoms with Crippen LogP contribution in [0.5, 0.6) is 0 Å². The number of hydrogen-bond donors (Lipinski definition) is 0. The third-order valence-electron chi connectivity index (χ3n) is 17.0. The Bertz CT molecular complexity index is 4280. The Hall–Kier alpha value is -8.40. The van der Waals surface area contributed by atoms with Gasteiger partial charge in [-0.2, -0.15) is 0 Å². The molecule has 2 heterocycles. The van der Waals surface area contributed by atoms with Crippen molar-refractivity contribution in [3.05, 3.63) is 234 Å². The molecule has 3 nitrogen and oxygen atoms in total. The summed E-state index contributed by atoms with van der Waals surface area (Å²) in [6, 6.07) is 73.5. The minimum Gasteiger partial charge on any atom is -0.455 e. The van der Waals surface area contributed by atoms with Crippen LogP contribution in [0, 0.1) is 0 Å². The van der Waals surface area contributed by atoms with Gasteiger partial charge in [0.05, 0.1) is 0 Å². The highest BCUT2D eigenvalue weighted by molar-refractivity contribution is 6.21. The number of rotatable bonds is 5. The smallest absolute Gasteiger partial charge is 0.144 e. The molecule has 0 spiro atoms. The summed E-state index contributed by atoms with van der Waals surface area (Å²) in [6.07, 6.45) is 0. The van der Waals surface area contributed by atoms with Crippen LogP contribution in [0.25, 0.3) is 99.5 Å². The van der Waals surface area contributed by atoms with Gasteiger partial charge < -0.3 is 13.7 Å². The second kappa shape index (κ2) is 14.4. The summed E-state index contributed by atoms with van der Waals surface area (Å²) in [5, 5.41) is 4.73. The quantitative estimate of drug-likeness (QED) is 0.172. The summed E-state index contributed by atoms with van der Waals surface area (Å²) in [4.78, 5) is 2.48. The molecule has 0 saturated carbocycles. The van der Waals surface area contributed by atoms with Crippen LogP contribution >= 0.6 is 0 Å². The number of nitrogens with zero attached hydrogens (tertiary/aromatic N) is 1. The summed E-state index contributed by atoms with van der Waals surface area (Å²) < 4.78 is 13.9. The maximum atomic E-state index is 7.07. The fourth-order valence-corrected chi connectivity index (χ4v) is 13.6. The lowest BCUT2D eigenvalue weighted by atomic mass is 9.72. The number of anilines is 3. The average molecular weight is 926 g/mol. The fraction of sp³-hybridized carbons (Fsp3) is 0.130. The normalized spacial score (nSPS) is 15.1. The molecular weight excluding hydrogens is 875 g/mol. The van der Waals surface area contributed by atoms with E-state index in [2.05, 4.69) is 247 Å². The molecule has 3 heteroatoms. The van der Waals surface area contributed by atoms with Gasteiger partial charge in [0.25, 0.3) is 0 Å². The van der Waals surface area contributed by atoms with Gasteiger partial charge in [-0.05, 0) is 132 Å². The molecule has 2 aromatic heterocycles. The van der Waals surface area contributed by atoms with Crippen molar-refractivity contribution in [3.8, 4) is 55.6 Å². The summed E-state index contributed by atoms with van der Waals surface area (Å²) in [5.74, 6) is 0. The molecule has 0 fully saturated rings. The maximum absolute atomic E-state index is 7.07. The lowest BCUT2D eigenvalue weighted by Crippen LogP contribution is -2.24. The second-order valence-corrected chi connectivity index (χ2v) is 21.9. The zero-order chi connectivity index (χ0) is 48.4. The van der Waals surface area contributed by atoms with E-state index in [1.165, 1.54) is 94.0 Å². The zero-order valence-electron chi connectivity index (χ0n) is 41.3. The Morgan fingerprint density at radius 3 is 1.46 bits per heavy atom. The standard InChI is InChI=1S/C69H51NO2/c1-67(2)53-37-44(33-35-47(53)58-55(67)39-51(42-21-11-8-12-22-42)65-60(58)49-24-14-17-27-56(49)71-65)70(43-31-29-41(30-32-43)40-19-9-7-10-20-40)45-34-36-48-54(38-45)69(5,6)64-62(48)66-61(50-25-15-18-28-57(50)72-66)59-46-23-13-16-26-52(46)68(3,4)63(59)64/h7-39H,1-6H3. The maximum Gasteiger partial charge on any atom is 0.144 e. The SMILES string of the molecule is CC1(C)c2cc(N(c3ccc(-c4ccccc4)cc3)c3ccc4c(c3)C(C)(C)c3c5c(c6c(oc7ccccc76)c3-4)-c3ccccc3C5(C)C)ccc2-c2c1cc(-c1ccccc1)c1oc3ccccc3c21. The van der Waals surface area contributed by atoms with Crippen LogP contribution in [0.15, 0.2) is 209 Å². The molecule has 10 aromatic carbocycles. The Morgan fingerprint density at radius 2 is 0.792 bits per heavy atom. The van der Waals surface area contributed by atoms with E-state index >= 15 is 0 Å². The van der Waals surface area contributed by atoms with Crippen molar-refractivity contribution in [2.24, 2.45) is 0 Å². The minimum absolute atomic E-state index is 0.220. The monoisotopic (exact) mass is 925 g/mol. The van der Waals surface area contributed by atoms with Crippen molar-refractivity contribution in [3.63, 3.8) is 0 Å². The molecule has 0 unspecified atom stereocenters. The first-order chi connectivity index (χ1) is 35.0. The summed E-state index contributed by atoms with van der Waals surface area (Å²) in [7, 11) is 0. The van der Waals surface area contributed by atoms with E-state index in [-0.39, 0.29) is 16.2 Å². The minimum atomic E-state index is -0.350. The van der Waals surface area contributed by atoms with E-state index in [0.717, 1.165) is 55.9 Å². The summed E-state index contributed by atoms with van der Waals surface area (Å²) in [5.41, 5.74) is 26.6. The predicted octanol–water partition coefficient (Wildman–Crippen LogP) is 19.2. The summed E-state index contributed by atoms with van der Waals surface area (Å²) >= 11 is 0. The second-order valence-electron chi connectivity index (χ2n) is 21.9. The molecule has 0 N–H and O–H groups in total. The van der Waals surface area contributed by atoms with E-state index in [9.17, 15) is 0 Å². The molecule has 15 rings (SSSR count). The van der Waals surface area contributed by atoms with Crippen LogP contribution in [-0.2, 0) is 16.2 Å². The lowest BCUT2D eigenvalue weighted by Gasteiger charge is -2.32. The first-order valence-corrected chi connectivity index (χ1v) is 25.4. The van der Waals surface area contributed by atoms with Gasteiger partial charge >= 0.3 is 0 Å². The first kappa shape index (κ1) is 41.4. The zero-order valence-corrected chi connectivity index (χ0v) is 41.3.